The molecule has 10 heteroatoms. The van der Waals surface area contributed by atoms with Gasteiger partial charge >= 0.3 is 6.18 Å². The maximum absolute atomic E-state index is 13.7. The number of hydrogen-bond acceptors (Lipinski definition) is 5. The molecule has 3 aromatic rings. The van der Waals surface area contributed by atoms with E-state index in [1.54, 1.807) is 13.1 Å². The summed E-state index contributed by atoms with van der Waals surface area (Å²) in [5.74, 6) is 2.66. The summed E-state index contributed by atoms with van der Waals surface area (Å²) < 4.78 is 42.1. The number of nitrogen functional groups attached to an aromatic ring is 1. The largest absolute Gasteiger partial charge is 0.416 e. The molecule has 1 amide bonds. The number of imidazole rings is 1. The molecule has 0 saturated heterocycles. The summed E-state index contributed by atoms with van der Waals surface area (Å²) in [5, 5.41) is 3.29. The maximum atomic E-state index is 13.7. The fourth-order valence-electron chi connectivity index (χ4n) is 6.74. The van der Waals surface area contributed by atoms with Gasteiger partial charge in [-0.05, 0) is 61.8 Å². The number of nitrogens with one attached hydrogen (secondary N) is 1. The summed E-state index contributed by atoms with van der Waals surface area (Å²) >= 11 is 0. The zero-order valence-electron chi connectivity index (χ0n) is 20.6. The fourth-order valence-corrected chi connectivity index (χ4v) is 6.74. The monoisotopic (exact) mass is 498 g/mol. The number of aromatic nitrogens is 3. The first-order chi connectivity index (χ1) is 16.9. The molecule has 3 aliphatic carbocycles. The molecular formula is C26H29F3N6O. The number of benzene rings is 1. The maximum Gasteiger partial charge on any atom is 0.416 e. The number of aryl methyl sites for hydroxylation is 1. The van der Waals surface area contributed by atoms with Crippen molar-refractivity contribution < 1.29 is 18.0 Å². The van der Waals surface area contributed by atoms with Crippen molar-refractivity contribution in [3.63, 3.8) is 0 Å². The zero-order valence-corrected chi connectivity index (χ0v) is 20.6. The van der Waals surface area contributed by atoms with E-state index in [9.17, 15) is 18.0 Å². The highest BCUT2D eigenvalue weighted by atomic mass is 19.4. The van der Waals surface area contributed by atoms with Crippen LogP contribution >= 0.6 is 0 Å². The van der Waals surface area contributed by atoms with E-state index in [4.69, 9.17) is 10.7 Å². The third-order valence-electron chi connectivity index (χ3n) is 9.05. The Morgan fingerprint density at radius 2 is 1.94 bits per heavy atom. The van der Waals surface area contributed by atoms with Gasteiger partial charge in [0.05, 0.1) is 42.0 Å². The Kier molecular flexibility index (Phi) is 4.73. The summed E-state index contributed by atoms with van der Waals surface area (Å²) in [6, 6.07) is 3.06. The van der Waals surface area contributed by atoms with Crippen LogP contribution in [0.3, 0.4) is 0 Å². The number of amides is 1. The number of fused-ring (bicyclic) bond motifs is 3. The van der Waals surface area contributed by atoms with Gasteiger partial charge in [-0.3, -0.25) is 9.20 Å². The third-order valence-corrected chi connectivity index (χ3v) is 9.05. The van der Waals surface area contributed by atoms with Crippen molar-refractivity contribution in [2.75, 3.05) is 11.1 Å². The Hall–Kier alpha value is -3.30. The van der Waals surface area contributed by atoms with Gasteiger partial charge in [0.15, 0.2) is 0 Å². The molecule has 2 aromatic heterocycles. The van der Waals surface area contributed by atoms with E-state index >= 15 is 0 Å². The van der Waals surface area contributed by atoms with Gasteiger partial charge in [0.2, 0.25) is 11.7 Å². The first-order valence-electron chi connectivity index (χ1n) is 12.3. The molecule has 3 atom stereocenters. The van der Waals surface area contributed by atoms with Gasteiger partial charge in [-0.25, -0.2) is 4.98 Å². The number of carbonyl (C=O) groups is 1. The van der Waals surface area contributed by atoms with Gasteiger partial charge in [0, 0.05) is 16.9 Å². The summed E-state index contributed by atoms with van der Waals surface area (Å²) in [7, 11) is 0. The Morgan fingerprint density at radius 3 is 2.58 bits per heavy atom. The standard InChI is InChI=1S/C26H29F3N6O/c1-12-9-31-24-33-22(32-15(4)16-5-17(26(27,28)29)7-18(30)6-16)20-10-34(11-21(20)35(12)24)23(36)25-8-19(13(25)2)14(25)3/h5-7,9,13-15,19H,8,10-11,30H2,1-4H3,(H,31,32,33)/t13-,14-,15+,19?,25?/m0/s1. The Balaban J connectivity index is 1.35. The van der Waals surface area contributed by atoms with Crippen molar-refractivity contribution in [3.05, 3.63) is 52.5 Å². The molecule has 3 fully saturated rings. The minimum absolute atomic E-state index is 0.0459. The third kappa shape index (κ3) is 3.02. The van der Waals surface area contributed by atoms with Crippen LogP contribution in [0.5, 0.6) is 0 Å². The Bertz CT molecular complexity index is 1400. The molecule has 0 spiro atoms. The molecule has 2 bridgehead atoms. The van der Waals surface area contributed by atoms with Crippen molar-refractivity contribution in [1.82, 2.24) is 19.3 Å². The van der Waals surface area contributed by atoms with E-state index in [-0.39, 0.29) is 17.0 Å². The highest BCUT2D eigenvalue weighted by Gasteiger charge is 2.73. The van der Waals surface area contributed by atoms with Crippen LogP contribution in [-0.4, -0.2) is 25.2 Å². The minimum Gasteiger partial charge on any atom is -0.399 e. The fraction of sp³-hybridized carbons (Fsp3) is 0.500. The lowest BCUT2D eigenvalue weighted by molar-refractivity contribution is -0.244. The Labute approximate surface area is 206 Å². The van der Waals surface area contributed by atoms with Gasteiger partial charge < -0.3 is 16.0 Å². The molecule has 7 rings (SSSR count). The predicted octanol–water partition coefficient (Wildman–Crippen LogP) is 4.95. The SMILES string of the molecule is Cc1cnc2nc(N[C@H](C)c3cc(N)cc(C(F)(F)F)c3)c3c(n12)CN(C(=O)C12CC([C@@H]1C)[C@@H]2C)C3. The highest BCUT2D eigenvalue weighted by molar-refractivity contribution is 5.87. The molecule has 36 heavy (non-hydrogen) atoms. The quantitative estimate of drug-likeness (QED) is 0.497. The van der Waals surface area contributed by atoms with Crippen LogP contribution in [-0.2, 0) is 24.1 Å². The van der Waals surface area contributed by atoms with E-state index in [1.165, 1.54) is 6.07 Å². The van der Waals surface area contributed by atoms with Gasteiger partial charge in [0.1, 0.15) is 5.82 Å². The van der Waals surface area contributed by atoms with Crippen LogP contribution in [0.4, 0.5) is 24.7 Å². The highest BCUT2D eigenvalue weighted by Crippen LogP contribution is 2.73. The number of carbonyl (C=O) groups excluding carboxylic acids is 1. The van der Waals surface area contributed by atoms with E-state index in [0.29, 0.717) is 48.0 Å². The first kappa shape index (κ1) is 23.1. The second kappa shape index (κ2) is 7.36. The van der Waals surface area contributed by atoms with E-state index in [1.807, 2.05) is 16.2 Å². The number of nitrogens with zero attached hydrogens (tertiary/aromatic N) is 4. The summed E-state index contributed by atoms with van der Waals surface area (Å²) in [5.41, 5.74) is 7.91. The van der Waals surface area contributed by atoms with Crippen LogP contribution in [0.25, 0.3) is 5.78 Å². The minimum atomic E-state index is -4.49. The normalized spacial score (nSPS) is 27.4. The summed E-state index contributed by atoms with van der Waals surface area (Å²) in [4.78, 5) is 24.7. The second-order valence-electron chi connectivity index (χ2n) is 10.8. The van der Waals surface area contributed by atoms with Crippen molar-refractivity contribution in [2.45, 2.75) is 59.4 Å². The molecule has 3 saturated carbocycles. The van der Waals surface area contributed by atoms with E-state index < -0.39 is 17.8 Å². The van der Waals surface area contributed by atoms with Gasteiger partial charge in [0.25, 0.3) is 0 Å². The molecule has 3 N–H and O–H groups in total. The lowest BCUT2D eigenvalue weighted by Crippen LogP contribution is -2.73. The van der Waals surface area contributed by atoms with E-state index in [0.717, 1.165) is 35.5 Å². The average molecular weight is 499 g/mol. The van der Waals surface area contributed by atoms with Crippen molar-refractivity contribution in [3.8, 4) is 0 Å². The zero-order chi connectivity index (χ0) is 25.7. The second-order valence-corrected chi connectivity index (χ2v) is 10.8. The van der Waals surface area contributed by atoms with E-state index in [2.05, 4.69) is 24.1 Å². The van der Waals surface area contributed by atoms with Gasteiger partial charge in [-0.2, -0.15) is 18.2 Å². The van der Waals surface area contributed by atoms with Crippen LogP contribution < -0.4 is 11.1 Å². The van der Waals surface area contributed by atoms with Crippen LogP contribution in [0, 0.1) is 30.1 Å². The first-order valence-corrected chi connectivity index (χ1v) is 12.3. The van der Waals surface area contributed by atoms with Crippen molar-refractivity contribution in [2.24, 2.45) is 23.2 Å². The molecule has 3 heterocycles. The lowest BCUT2D eigenvalue weighted by atomic mass is 9.32. The number of nitrogens with two attached hydrogens (primary N) is 1. The Morgan fingerprint density at radius 1 is 1.22 bits per heavy atom. The topological polar surface area (TPSA) is 88.5 Å². The van der Waals surface area contributed by atoms with Gasteiger partial charge in [-0.15, -0.1) is 0 Å². The average Bonchev–Trinajstić information content (AvgIpc) is 3.40. The van der Waals surface area contributed by atoms with Gasteiger partial charge in [-0.1, -0.05) is 13.8 Å². The van der Waals surface area contributed by atoms with Crippen LogP contribution in [0.15, 0.2) is 24.4 Å². The number of anilines is 2. The molecule has 190 valence electrons. The molecule has 1 aliphatic heterocycles. The number of hydrogen-bond donors (Lipinski definition) is 2. The summed E-state index contributed by atoms with van der Waals surface area (Å²) in [6.07, 6.45) is -1.80. The molecular weight excluding hydrogens is 469 g/mol. The number of halogens is 3. The number of rotatable bonds is 4. The molecule has 0 unspecified atom stereocenters. The van der Waals surface area contributed by atoms with Crippen molar-refractivity contribution in [1.29, 1.82) is 0 Å². The van der Waals surface area contributed by atoms with Crippen molar-refractivity contribution >= 4 is 23.2 Å². The molecule has 7 nitrogen and oxygen atoms in total. The smallest absolute Gasteiger partial charge is 0.399 e. The predicted molar refractivity (Wildman–Crippen MR) is 129 cm³/mol. The molecule has 1 aromatic carbocycles. The molecule has 0 radical (unpaired) electrons. The van der Waals surface area contributed by atoms with Crippen LogP contribution in [0.2, 0.25) is 0 Å². The number of alkyl halides is 3. The molecule has 4 aliphatic rings. The lowest BCUT2D eigenvalue weighted by Gasteiger charge is -2.71. The van der Waals surface area contributed by atoms with Crippen LogP contribution in [0.1, 0.15) is 61.3 Å². The summed E-state index contributed by atoms with van der Waals surface area (Å²) in [6.45, 7) is 8.91.